The summed E-state index contributed by atoms with van der Waals surface area (Å²) in [6.07, 6.45) is 1.86. The third-order valence-corrected chi connectivity index (χ3v) is 8.06. The summed E-state index contributed by atoms with van der Waals surface area (Å²) in [6.45, 7) is 3.65. The van der Waals surface area contributed by atoms with Gasteiger partial charge >= 0.3 is 0 Å². The van der Waals surface area contributed by atoms with Crippen molar-refractivity contribution in [3.05, 3.63) is 105 Å². The number of carbonyl (C=O) groups is 2. The first-order valence-corrected chi connectivity index (χ1v) is 14.2. The van der Waals surface area contributed by atoms with Crippen molar-refractivity contribution in [3.63, 3.8) is 0 Å². The molecule has 5 rings (SSSR count). The van der Waals surface area contributed by atoms with E-state index in [4.69, 9.17) is 23.2 Å². The highest BCUT2D eigenvalue weighted by Gasteiger charge is 2.20. The van der Waals surface area contributed by atoms with Gasteiger partial charge in [0.15, 0.2) is 5.78 Å². The molecule has 0 unspecified atom stereocenters. The van der Waals surface area contributed by atoms with Crippen LogP contribution in [-0.4, -0.2) is 70.8 Å². The van der Waals surface area contributed by atoms with E-state index in [0.717, 1.165) is 43.0 Å². The molecule has 0 N–H and O–H groups in total. The van der Waals surface area contributed by atoms with Crippen LogP contribution in [-0.2, 0) is 29.1 Å². The van der Waals surface area contributed by atoms with Crippen LogP contribution >= 0.6 is 23.2 Å². The van der Waals surface area contributed by atoms with Gasteiger partial charge in [-0.15, -0.1) is 0 Å². The molecule has 3 aromatic carbocycles. The zero-order valence-electron chi connectivity index (χ0n) is 22.8. The Bertz CT molecular complexity index is 1620. The van der Waals surface area contributed by atoms with Gasteiger partial charge in [-0.25, -0.2) is 4.98 Å². The van der Waals surface area contributed by atoms with Crippen LogP contribution in [0.3, 0.4) is 0 Å². The van der Waals surface area contributed by atoms with E-state index in [9.17, 15) is 14.4 Å². The number of anilines is 1. The summed E-state index contributed by atoms with van der Waals surface area (Å²) in [5.41, 5.74) is 3.11. The van der Waals surface area contributed by atoms with Crippen LogP contribution in [0.15, 0.2) is 77.9 Å². The highest BCUT2D eigenvalue weighted by Crippen LogP contribution is 2.23. The molecule has 2 heterocycles. The van der Waals surface area contributed by atoms with Crippen molar-refractivity contribution in [3.8, 4) is 0 Å². The lowest BCUT2D eigenvalue weighted by Gasteiger charge is -2.35. The van der Waals surface area contributed by atoms with Gasteiger partial charge in [-0.3, -0.25) is 23.9 Å². The average molecular weight is 593 g/mol. The maximum atomic E-state index is 13.3. The van der Waals surface area contributed by atoms with E-state index in [2.05, 4.69) is 14.8 Å². The van der Waals surface area contributed by atoms with Crippen LogP contribution in [0, 0.1) is 0 Å². The monoisotopic (exact) mass is 591 g/mol. The summed E-state index contributed by atoms with van der Waals surface area (Å²) < 4.78 is 1.34. The third kappa shape index (κ3) is 7.14. The Hall–Kier alpha value is -3.72. The van der Waals surface area contributed by atoms with Gasteiger partial charge in [-0.1, -0.05) is 59.6 Å². The Kier molecular flexibility index (Phi) is 9.03. The summed E-state index contributed by atoms with van der Waals surface area (Å²) in [4.78, 5) is 49.2. The number of hydrogen-bond donors (Lipinski definition) is 0. The van der Waals surface area contributed by atoms with E-state index in [-0.39, 0.29) is 23.8 Å². The van der Waals surface area contributed by atoms with Crippen molar-refractivity contribution in [2.75, 3.05) is 44.7 Å². The van der Waals surface area contributed by atoms with Gasteiger partial charge in [0.1, 0.15) is 6.54 Å². The van der Waals surface area contributed by atoms with E-state index >= 15 is 0 Å². The molecule has 4 aromatic rings. The second-order valence-corrected chi connectivity index (χ2v) is 11.2. The summed E-state index contributed by atoms with van der Waals surface area (Å²) in [7, 11) is 1.68. The number of ketones is 1. The Morgan fingerprint density at radius 3 is 2.37 bits per heavy atom. The fourth-order valence-corrected chi connectivity index (χ4v) is 5.34. The van der Waals surface area contributed by atoms with Gasteiger partial charge in [0.2, 0.25) is 5.91 Å². The van der Waals surface area contributed by atoms with Crippen LogP contribution in [0.5, 0.6) is 0 Å². The van der Waals surface area contributed by atoms with E-state index in [0.29, 0.717) is 40.5 Å². The number of carbonyl (C=O) groups excluding carboxylic acids is 2. The molecule has 41 heavy (non-hydrogen) atoms. The van der Waals surface area contributed by atoms with E-state index in [1.165, 1.54) is 15.8 Å². The zero-order valence-corrected chi connectivity index (χ0v) is 24.3. The topological polar surface area (TPSA) is 78.8 Å². The van der Waals surface area contributed by atoms with Crippen molar-refractivity contribution >= 4 is 51.5 Å². The minimum absolute atomic E-state index is 0.125. The Balaban J connectivity index is 1.21. The number of nitrogens with zero attached hydrogens (tertiary/aromatic N) is 5. The van der Waals surface area contributed by atoms with E-state index < -0.39 is 0 Å². The van der Waals surface area contributed by atoms with Crippen molar-refractivity contribution < 1.29 is 9.59 Å². The van der Waals surface area contributed by atoms with Gasteiger partial charge in [0.25, 0.3) is 5.56 Å². The van der Waals surface area contributed by atoms with Gasteiger partial charge in [0, 0.05) is 51.9 Å². The first kappa shape index (κ1) is 28.8. The Morgan fingerprint density at radius 1 is 0.878 bits per heavy atom. The van der Waals surface area contributed by atoms with Crippen LogP contribution < -0.4 is 10.5 Å². The second-order valence-electron chi connectivity index (χ2n) is 10.3. The number of Topliss-reactive ketones (excluding diaryl/α,β-unsaturated/α-hetero) is 1. The number of fused-ring (bicyclic) bond motifs is 1. The van der Waals surface area contributed by atoms with E-state index in [1.807, 2.05) is 54.6 Å². The molecule has 0 aliphatic carbocycles. The normalized spacial score (nSPS) is 13.9. The summed E-state index contributed by atoms with van der Waals surface area (Å²) in [6, 6.07) is 20.7. The number of likely N-dealkylation sites (N-methyl/N-ethyl adjacent to an activating group) is 1. The second kappa shape index (κ2) is 12.9. The Labute approximate surface area is 248 Å². The molecular weight excluding hydrogens is 561 g/mol. The smallest absolute Gasteiger partial charge is 0.261 e. The molecular formula is C31H31Cl2N5O3. The largest absolute Gasteiger partial charge is 0.369 e. The predicted molar refractivity (Wildman–Crippen MR) is 163 cm³/mol. The standard InChI is InChI=1S/C31H31Cl2N5O3/c1-35(18-23-7-9-27(32)28(33)16-23)30(40)20-38-21-34-29-10-8-24(17-26(29)31(38)41)37-13-11-36(12-14-37)19-25(39)15-22-5-3-2-4-6-22/h2-10,16-17,21H,11-15,18-20H2,1H3. The number of rotatable bonds is 9. The minimum atomic E-state index is -0.265. The average Bonchev–Trinajstić information content (AvgIpc) is 2.97. The number of piperazine rings is 1. The lowest BCUT2D eigenvalue weighted by Crippen LogP contribution is -2.48. The number of aromatic nitrogens is 2. The van der Waals surface area contributed by atoms with Crippen molar-refractivity contribution in [2.24, 2.45) is 0 Å². The first-order chi connectivity index (χ1) is 19.8. The summed E-state index contributed by atoms with van der Waals surface area (Å²) in [5, 5.41) is 1.34. The molecule has 212 valence electrons. The predicted octanol–water partition coefficient (Wildman–Crippen LogP) is 4.30. The molecule has 10 heteroatoms. The molecule has 1 aliphatic heterocycles. The van der Waals surface area contributed by atoms with Crippen LogP contribution in [0.2, 0.25) is 10.0 Å². The molecule has 0 bridgehead atoms. The molecule has 8 nitrogen and oxygen atoms in total. The first-order valence-electron chi connectivity index (χ1n) is 13.5. The van der Waals surface area contributed by atoms with Crippen LogP contribution in [0.25, 0.3) is 10.9 Å². The zero-order chi connectivity index (χ0) is 28.9. The molecule has 0 radical (unpaired) electrons. The lowest BCUT2D eigenvalue weighted by atomic mass is 10.1. The highest BCUT2D eigenvalue weighted by atomic mass is 35.5. The van der Waals surface area contributed by atoms with Crippen molar-refractivity contribution in [1.82, 2.24) is 19.4 Å². The van der Waals surface area contributed by atoms with Gasteiger partial charge in [-0.05, 0) is 41.5 Å². The molecule has 1 aliphatic rings. The summed E-state index contributed by atoms with van der Waals surface area (Å²) >= 11 is 12.1. The van der Waals surface area contributed by atoms with Crippen LogP contribution in [0.4, 0.5) is 5.69 Å². The number of benzene rings is 3. The quantitative estimate of drug-likeness (QED) is 0.289. The van der Waals surface area contributed by atoms with Gasteiger partial charge in [0.05, 0.1) is 33.8 Å². The van der Waals surface area contributed by atoms with Crippen molar-refractivity contribution in [2.45, 2.75) is 19.5 Å². The van der Waals surface area contributed by atoms with Crippen molar-refractivity contribution in [1.29, 1.82) is 0 Å². The molecule has 1 aromatic heterocycles. The fraction of sp³-hybridized carbons (Fsp3) is 0.290. The molecule has 1 amide bonds. The number of halogens is 2. The Morgan fingerprint density at radius 2 is 1.63 bits per heavy atom. The summed E-state index contributed by atoms with van der Waals surface area (Å²) in [5.74, 6) is -0.0208. The number of hydrogen-bond acceptors (Lipinski definition) is 6. The number of amides is 1. The maximum absolute atomic E-state index is 13.3. The molecule has 0 spiro atoms. The highest BCUT2D eigenvalue weighted by molar-refractivity contribution is 6.42. The fourth-order valence-electron chi connectivity index (χ4n) is 5.02. The van der Waals surface area contributed by atoms with Crippen LogP contribution in [0.1, 0.15) is 11.1 Å². The van der Waals surface area contributed by atoms with Gasteiger partial charge in [-0.2, -0.15) is 0 Å². The lowest BCUT2D eigenvalue weighted by molar-refractivity contribution is -0.131. The van der Waals surface area contributed by atoms with Gasteiger partial charge < -0.3 is 9.80 Å². The molecule has 0 atom stereocenters. The molecule has 1 fully saturated rings. The SMILES string of the molecule is CN(Cc1ccc(Cl)c(Cl)c1)C(=O)Cn1cnc2ccc(N3CCN(CC(=O)Cc4ccccc4)CC3)cc2c1=O. The minimum Gasteiger partial charge on any atom is -0.369 e. The third-order valence-electron chi connectivity index (χ3n) is 7.32. The van der Waals surface area contributed by atoms with E-state index in [1.54, 1.807) is 19.2 Å². The molecule has 0 saturated carbocycles. The molecule has 1 saturated heterocycles. The maximum Gasteiger partial charge on any atom is 0.261 e.